The van der Waals surface area contributed by atoms with Crippen LogP contribution in [0.2, 0.25) is 0 Å². The Balaban J connectivity index is 0.00000461. The van der Waals surface area contributed by atoms with Crippen molar-refractivity contribution in [2.75, 3.05) is 6.61 Å². The number of hydrogen-bond donors (Lipinski definition) is 5. The molecule has 0 radical (unpaired) electrons. The van der Waals surface area contributed by atoms with Crippen LogP contribution in [0, 0.1) is 51.2 Å². The first-order valence-electron chi connectivity index (χ1n) is 17.7. The Morgan fingerprint density at radius 1 is 0.889 bits per heavy atom. The van der Waals surface area contributed by atoms with E-state index in [-0.39, 0.29) is 39.2 Å². The van der Waals surface area contributed by atoms with Gasteiger partial charge in [0.05, 0.1) is 18.3 Å². The molecule has 8 heteroatoms. The van der Waals surface area contributed by atoms with Gasteiger partial charge in [0.15, 0.2) is 6.29 Å². The lowest BCUT2D eigenvalue weighted by Crippen LogP contribution is -2.66. The second kappa shape index (κ2) is 12.7. The molecule has 1 heterocycles. The monoisotopic (exact) mass is 638 g/mol. The van der Waals surface area contributed by atoms with Gasteiger partial charge in [-0.25, -0.2) is 0 Å². The molecule has 4 aliphatic carbocycles. The maximum absolute atomic E-state index is 11.1. The van der Waals surface area contributed by atoms with E-state index < -0.39 is 42.9 Å². The van der Waals surface area contributed by atoms with Crippen molar-refractivity contribution < 1.29 is 40.5 Å². The molecule has 5 fully saturated rings. The van der Waals surface area contributed by atoms with Crippen molar-refractivity contribution >= 4 is 0 Å². The minimum absolute atomic E-state index is 0. The molecular weight excluding hydrogens is 572 g/mol. The van der Waals surface area contributed by atoms with Gasteiger partial charge in [-0.3, -0.25) is 0 Å². The summed E-state index contributed by atoms with van der Waals surface area (Å²) in [4.78, 5) is 0. The first-order valence-corrected chi connectivity index (χ1v) is 17.7. The van der Waals surface area contributed by atoms with Crippen LogP contribution in [0.3, 0.4) is 0 Å². The van der Waals surface area contributed by atoms with Crippen LogP contribution in [-0.4, -0.2) is 80.0 Å². The van der Waals surface area contributed by atoms with E-state index in [0.717, 1.165) is 44.9 Å². The van der Waals surface area contributed by atoms with Crippen molar-refractivity contribution in [3.05, 3.63) is 11.6 Å². The van der Waals surface area contributed by atoms with Gasteiger partial charge in [0.25, 0.3) is 0 Å². The van der Waals surface area contributed by atoms with Crippen LogP contribution in [0.25, 0.3) is 0 Å². The molecule has 0 bridgehead atoms. The predicted octanol–water partition coefficient (Wildman–Crippen LogP) is 4.78. The molecule has 4 saturated carbocycles. The van der Waals surface area contributed by atoms with Crippen molar-refractivity contribution in [1.29, 1.82) is 0 Å². The molecule has 0 aromatic rings. The van der Waals surface area contributed by atoms with Gasteiger partial charge in [-0.2, -0.15) is 0 Å². The molecule has 1 aliphatic heterocycles. The first-order chi connectivity index (χ1) is 20.4. The van der Waals surface area contributed by atoms with E-state index in [1.54, 1.807) is 0 Å². The average Bonchev–Trinajstić information content (AvgIpc) is 3.33. The molecule has 8 nitrogen and oxygen atoms in total. The third-order valence-corrected chi connectivity index (χ3v) is 14.9. The summed E-state index contributed by atoms with van der Waals surface area (Å²) in [5, 5.41) is 52.9. The number of aliphatic hydroxyl groups excluding tert-OH is 5. The van der Waals surface area contributed by atoms with Gasteiger partial charge in [-0.05, 0) is 130 Å². The van der Waals surface area contributed by atoms with Gasteiger partial charge >= 0.3 is 0 Å². The smallest absolute Gasteiger partial charge is 0.187 e. The fraction of sp³-hybridized carbons (Fsp3) is 0.946. The second-order valence-electron chi connectivity index (χ2n) is 17.7. The number of hydrogen-bond acceptors (Lipinski definition) is 7. The van der Waals surface area contributed by atoms with Crippen LogP contribution in [-0.2, 0) is 9.47 Å². The summed E-state index contributed by atoms with van der Waals surface area (Å²) in [6.45, 7) is 20.7. The molecule has 5 rings (SSSR count). The molecule has 1 saturated heterocycles. The van der Waals surface area contributed by atoms with Crippen LogP contribution >= 0.6 is 0 Å². The Hall–Kier alpha value is -0.580. The molecular formula is C37H66O8. The highest BCUT2D eigenvalue weighted by atomic mass is 16.7. The molecule has 262 valence electrons. The molecule has 5 aliphatic rings. The van der Waals surface area contributed by atoms with E-state index in [0.29, 0.717) is 23.7 Å². The van der Waals surface area contributed by atoms with Crippen molar-refractivity contribution in [2.45, 2.75) is 163 Å². The van der Waals surface area contributed by atoms with E-state index in [9.17, 15) is 25.5 Å². The van der Waals surface area contributed by atoms with E-state index >= 15 is 0 Å². The minimum atomic E-state index is -1.45. The second-order valence-corrected chi connectivity index (χ2v) is 17.7. The molecule has 7 N–H and O–H groups in total. The van der Waals surface area contributed by atoms with Crippen LogP contribution < -0.4 is 0 Å². The zero-order valence-corrected chi connectivity index (χ0v) is 29.6. The van der Waals surface area contributed by atoms with Crippen LogP contribution in [0.15, 0.2) is 11.6 Å². The topological polar surface area (TPSA) is 151 Å². The first kappa shape index (κ1) is 37.2. The SMILES string of the molecule is CC(C)=CCC[C@](C)(O[C@@H]1OC(CO)[C@@H](O)[C@@H](O)C1O)[C@H]1CC[C@]2(C)C1[C@H](C)CC1[C@@]3(C)CC[C@H](O)C(C)(C)C3CC[C@]12C.O. The van der Waals surface area contributed by atoms with Gasteiger partial charge in [-0.1, -0.05) is 53.2 Å². The quantitative estimate of drug-likeness (QED) is 0.252. The van der Waals surface area contributed by atoms with E-state index in [4.69, 9.17) is 9.47 Å². The lowest BCUT2D eigenvalue weighted by Gasteiger charge is -2.71. The van der Waals surface area contributed by atoms with Gasteiger partial charge in [0.2, 0.25) is 0 Å². The van der Waals surface area contributed by atoms with Crippen molar-refractivity contribution in [3.8, 4) is 0 Å². The van der Waals surface area contributed by atoms with E-state index in [1.807, 2.05) is 0 Å². The van der Waals surface area contributed by atoms with Gasteiger partial charge in [-0.15, -0.1) is 0 Å². The number of aliphatic hydroxyl groups is 5. The number of rotatable bonds is 7. The Bertz CT molecular complexity index is 1070. The average molecular weight is 639 g/mol. The lowest BCUT2D eigenvalue weighted by atomic mass is 9.34. The largest absolute Gasteiger partial charge is 0.412 e. The Kier molecular flexibility index (Phi) is 10.5. The van der Waals surface area contributed by atoms with Gasteiger partial charge in [0, 0.05) is 0 Å². The van der Waals surface area contributed by atoms with Crippen molar-refractivity contribution in [1.82, 2.24) is 0 Å². The van der Waals surface area contributed by atoms with Gasteiger partial charge in [0.1, 0.15) is 24.4 Å². The summed E-state index contributed by atoms with van der Waals surface area (Å²) in [5.41, 5.74) is 1.03. The third kappa shape index (κ3) is 5.69. The number of ether oxygens (including phenoxy) is 2. The summed E-state index contributed by atoms with van der Waals surface area (Å²) in [6, 6.07) is 0. The summed E-state index contributed by atoms with van der Waals surface area (Å²) in [5.74, 6) is 2.25. The molecule has 15 atom stereocenters. The minimum Gasteiger partial charge on any atom is -0.412 e. The summed E-state index contributed by atoms with van der Waals surface area (Å²) in [7, 11) is 0. The molecule has 0 aromatic heterocycles. The van der Waals surface area contributed by atoms with Crippen molar-refractivity contribution in [3.63, 3.8) is 0 Å². The highest BCUT2D eigenvalue weighted by molar-refractivity contribution is 5.19. The predicted molar refractivity (Wildman–Crippen MR) is 175 cm³/mol. The highest BCUT2D eigenvalue weighted by Crippen LogP contribution is 2.77. The standard InChI is InChI=1S/C37H64O7.H2O/c1-21(2)11-10-15-37(9,44-32-31(42)30(41)29(40)24(20-38)43-32)23-12-17-36(8)28(23)22(3)19-26-34(6)16-14-27(39)33(4,5)25(34)13-18-35(26,36)7;/h11,22-32,38-42H,10,12-20H2,1-9H3;1H2/t22-,23+,24?,25?,26?,27+,28?,29-,30-,31?,32+,34+,35-,36-,37+;/m1./s1. The fourth-order valence-corrected chi connectivity index (χ4v) is 12.3. The Morgan fingerprint density at radius 2 is 1.53 bits per heavy atom. The molecule has 5 unspecified atom stereocenters. The van der Waals surface area contributed by atoms with E-state index in [2.05, 4.69) is 68.4 Å². The highest BCUT2D eigenvalue weighted by Gasteiger charge is 2.71. The third-order valence-electron chi connectivity index (χ3n) is 14.9. The summed E-state index contributed by atoms with van der Waals surface area (Å²) >= 11 is 0. The molecule has 0 aromatic carbocycles. The van der Waals surface area contributed by atoms with Crippen molar-refractivity contribution in [2.24, 2.45) is 51.2 Å². The Morgan fingerprint density at radius 3 is 2.16 bits per heavy atom. The molecule has 0 spiro atoms. The molecule has 45 heavy (non-hydrogen) atoms. The van der Waals surface area contributed by atoms with Crippen LogP contribution in [0.1, 0.15) is 120 Å². The zero-order valence-electron chi connectivity index (χ0n) is 29.6. The summed E-state index contributed by atoms with van der Waals surface area (Å²) < 4.78 is 12.8. The maximum Gasteiger partial charge on any atom is 0.187 e. The summed E-state index contributed by atoms with van der Waals surface area (Å²) in [6.07, 6.45) is 4.87. The zero-order chi connectivity index (χ0) is 32.6. The van der Waals surface area contributed by atoms with Crippen LogP contribution in [0.5, 0.6) is 0 Å². The lowest BCUT2D eigenvalue weighted by molar-refractivity contribution is -0.335. The fourth-order valence-electron chi connectivity index (χ4n) is 12.3. The molecule has 0 amide bonds. The number of allylic oxidation sites excluding steroid dienone is 2. The van der Waals surface area contributed by atoms with E-state index in [1.165, 1.54) is 18.4 Å². The number of fused-ring (bicyclic) bond motifs is 5. The Labute approximate surface area is 272 Å². The van der Waals surface area contributed by atoms with Gasteiger partial charge < -0.3 is 40.5 Å². The van der Waals surface area contributed by atoms with Crippen LogP contribution in [0.4, 0.5) is 0 Å². The normalized spacial score (nSPS) is 50.3. The maximum atomic E-state index is 11.1.